The highest BCUT2D eigenvalue weighted by molar-refractivity contribution is 7.98. The van der Waals surface area contributed by atoms with Crippen molar-refractivity contribution in [2.45, 2.75) is 36.3 Å². The smallest absolute Gasteiger partial charge is 0.253 e. The van der Waals surface area contributed by atoms with Crippen LogP contribution in [0.5, 0.6) is 0 Å². The van der Waals surface area contributed by atoms with Crippen LogP contribution in [0.25, 0.3) is 0 Å². The third-order valence-corrected chi connectivity index (χ3v) is 7.47. The number of amides is 1. The van der Waals surface area contributed by atoms with Crippen molar-refractivity contribution in [3.05, 3.63) is 62.5 Å². The number of piperidine rings is 1. The van der Waals surface area contributed by atoms with Gasteiger partial charge in [0, 0.05) is 52.2 Å². The number of aryl methyl sites for hydroxylation is 1. The molecule has 1 fully saturated rings. The molecule has 1 aliphatic rings. The summed E-state index contributed by atoms with van der Waals surface area (Å²) in [5.74, 6) is 1.36. The number of nitrogens with zero attached hydrogens (tertiary/aromatic N) is 3. The molecule has 1 unspecified atom stereocenters. The molecule has 1 aliphatic heterocycles. The predicted molar refractivity (Wildman–Crippen MR) is 113 cm³/mol. The van der Waals surface area contributed by atoms with Crippen LogP contribution in [-0.2, 0) is 5.75 Å². The minimum Gasteiger partial charge on any atom is -0.338 e. The zero-order valence-electron chi connectivity index (χ0n) is 15.1. The van der Waals surface area contributed by atoms with Gasteiger partial charge in [0.2, 0.25) is 0 Å². The van der Waals surface area contributed by atoms with E-state index in [2.05, 4.69) is 15.3 Å². The van der Waals surface area contributed by atoms with Gasteiger partial charge in [0.15, 0.2) is 0 Å². The molecule has 2 aromatic heterocycles. The molecule has 27 heavy (non-hydrogen) atoms. The lowest BCUT2D eigenvalue weighted by molar-refractivity contribution is 0.0707. The molecule has 3 aromatic rings. The summed E-state index contributed by atoms with van der Waals surface area (Å²) in [4.78, 5) is 25.0. The lowest BCUT2D eigenvalue weighted by atomic mass is 9.98. The van der Waals surface area contributed by atoms with E-state index in [1.54, 1.807) is 34.4 Å². The summed E-state index contributed by atoms with van der Waals surface area (Å²) in [5.41, 5.74) is 1.88. The van der Waals surface area contributed by atoms with Gasteiger partial charge in [-0.15, -0.1) is 34.4 Å². The predicted octanol–water partition coefficient (Wildman–Crippen LogP) is 5.22. The maximum absolute atomic E-state index is 12.9. The van der Waals surface area contributed by atoms with E-state index >= 15 is 0 Å². The summed E-state index contributed by atoms with van der Waals surface area (Å²) < 4.78 is 0. The largest absolute Gasteiger partial charge is 0.338 e. The van der Waals surface area contributed by atoms with Crippen molar-refractivity contribution in [3.63, 3.8) is 0 Å². The highest BCUT2D eigenvalue weighted by Gasteiger charge is 2.26. The van der Waals surface area contributed by atoms with Crippen molar-refractivity contribution in [1.29, 1.82) is 0 Å². The van der Waals surface area contributed by atoms with Gasteiger partial charge in [0.25, 0.3) is 5.91 Å². The van der Waals surface area contributed by atoms with Gasteiger partial charge in [-0.2, -0.15) is 0 Å². The Bertz CT molecular complexity index is 890. The maximum Gasteiger partial charge on any atom is 0.253 e. The average molecular weight is 416 g/mol. The third-order valence-electron chi connectivity index (χ3n) is 4.66. The quantitative estimate of drug-likeness (QED) is 0.536. The highest BCUT2D eigenvalue weighted by atomic mass is 32.2. The van der Waals surface area contributed by atoms with Crippen molar-refractivity contribution in [2.24, 2.45) is 0 Å². The molecule has 0 N–H and O–H groups in total. The lowest BCUT2D eigenvalue weighted by Gasteiger charge is -2.32. The van der Waals surface area contributed by atoms with E-state index in [0.29, 0.717) is 5.92 Å². The van der Waals surface area contributed by atoms with Gasteiger partial charge in [-0.1, -0.05) is 0 Å². The zero-order chi connectivity index (χ0) is 18.6. The second-order valence-electron chi connectivity index (χ2n) is 6.63. The number of benzene rings is 1. The molecule has 0 bridgehead atoms. The van der Waals surface area contributed by atoms with E-state index in [1.165, 1.54) is 0 Å². The van der Waals surface area contributed by atoms with Gasteiger partial charge in [-0.05, 0) is 44.0 Å². The summed E-state index contributed by atoms with van der Waals surface area (Å²) in [6, 6.07) is 7.98. The van der Waals surface area contributed by atoms with Crippen molar-refractivity contribution in [3.8, 4) is 0 Å². The molecule has 1 amide bonds. The number of hydrogen-bond donors (Lipinski definition) is 0. The van der Waals surface area contributed by atoms with Crippen LogP contribution < -0.4 is 0 Å². The summed E-state index contributed by atoms with van der Waals surface area (Å²) in [5, 5.41) is 6.37. The molecule has 1 atom stereocenters. The van der Waals surface area contributed by atoms with Crippen LogP contribution in [0.1, 0.15) is 44.8 Å². The van der Waals surface area contributed by atoms with Crippen LogP contribution in [0, 0.1) is 6.92 Å². The van der Waals surface area contributed by atoms with E-state index in [1.807, 2.05) is 47.7 Å². The van der Waals surface area contributed by atoms with Crippen LogP contribution in [0.4, 0.5) is 0 Å². The Morgan fingerprint density at radius 1 is 1.30 bits per heavy atom. The van der Waals surface area contributed by atoms with E-state index in [9.17, 15) is 4.79 Å². The Balaban J connectivity index is 1.37. The maximum atomic E-state index is 12.9. The van der Waals surface area contributed by atoms with Crippen molar-refractivity contribution >= 4 is 40.3 Å². The molecular weight excluding hydrogens is 394 g/mol. The Hall–Kier alpha value is -1.70. The van der Waals surface area contributed by atoms with Crippen LogP contribution in [0.15, 0.2) is 46.1 Å². The normalized spacial score (nSPS) is 17.2. The van der Waals surface area contributed by atoms with Gasteiger partial charge >= 0.3 is 0 Å². The first kappa shape index (κ1) is 18.7. The number of likely N-dealkylation sites (tertiary alicyclic amines) is 1. The number of rotatable bonds is 5. The van der Waals surface area contributed by atoms with Crippen LogP contribution >= 0.6 is 34.4 Å². The molecule has 0 radical (unpaired) electrons. The zero-order valence-corrected chi connectivity index (χ0v) is 17.6. The molecule has 4 rings (SSSR count). The monoisotopic (exact) mass is 415 g/mol. The Morgan fingerprint density at radius 3 is 2.85 bits per heavy atom. The fourth-order valence-corrected chi connectivity index (χ4v) is 5.58. The molecule has 7 heteroatoms. The summed E-state index contributed by atoms with van der Waals surface area (Å²) in [7, 11) is 0. The van der Waals surface area contributed by atoms with Crippen molar-refractivity contribution in [2.75, 3.05) is 13.1 Å². The third kappa shape index (κ3) is 4.59. The number of carbonyl (C=O) groups is 1. The standard InChI is InChI=1S/C20H21N3OS3/c1-14-22-17(12-26-14)13-27-18-6-4-15(5-7-18)20(24)23-9-2-3-16(11-23)19-21-8-10-25-19/h4-8,10,12,16H,2-3,9,11,13H2,1H3. The summed E-state index contributed by atoms with van der Waals surface area (Å²) in [6.07, 6.45) is 4.00. The second-order valence-corrected chi connectivity index (χ2v) is 9.67. The number of aromatic nitrogens is 2. The van der Waals surface area contributed by atoms with Gasteiger partial charge in [-0.3, -0.25) is 4.79 Å². The summed E-state index contributed by atoms with van der Waals surface area (Å²) in [6.45, 7) is 3.63. The number of hydrogen-bond acceptors (Lipinski definition) is 6. The minimum absolute atomic E-state index is 0.128. The molecule has 0 saturated carbocycles. The second kappa shape index (κ2) is 8.54. The topological polar surface area (TPSA) is 46.1 Å². The van der Waals surface area contributed by atoms with Gasteiger partial charge in [0.1, 0.15) is 0 Å². The fourth-order valence-electron chi connectivity index (χ4n) is 3.31. The fraction of sp³-hybridized carbons (Fsp3) is 0.350. The first-order chi connectivity index (χ1) is 13.2. The molecular formula is C20H21N3OS3. The average Bonchev–Trinajstić information content (AvgIpc) is 3.38. The Labute approximate surface area is 171 Å². The first-order valence-electron chi connectivity index (χ1n) is 9.01. The van der Waals surface area contributed by atoms with Crippen LogP contribution in [-0.4, -0.2) is 33.9 Å². The van der Waals surface area contributed by atoms with Crippen molar-refractivity contribution < 1.29 is 4.79 Å². The molecule has 1 saturated heterocycles. The molecule has 3 heterocycles. The van der Waals surface area contributed by atoms with Crippen molar-refractivity contribution in [1.82, 2.24) is 14.9 Å². The Kier molecular flexibility index (Phi) is 5.90. The first-order valence-corrected chi connectivity index (χ1v) is 11.8. The Morgan fingerprint density at radius 2 is 2.15 bits per heavy atom. The number of thioether (sulfide) groups is 1. The van der Waals surface area contributed by atoms with E-state index in [4.69, 9.17) is 0 Å². The van der Waals surface area contributed by atoms with Crippen LogP contribution in [0.3, 0.4) is 0 Å². The SMILES string of the molecule is Cc1nc(CSc2ccc(C(=O)N3CCCC(c4nccs4)C3)cc2)cs1. The highest BCUT2D eigenvalue weighted by Crippen LogP contribution is 2.29. The lowest BCUT2D eigenvalue weighted by Crippen LogP contribution is -2.39. The molecule has 140 valence electrons. The molecule has 1 aromatic carbocycles. The molecule has 0 aliphatic carbocycles. The summed E-state index contributed by atoms with van der Waals surface area (Å²) >= 11 is 5.13. The molecule has 0 spiro atoms. The molecule has 4 nitrogen and oxygen atoms in total. The van der Waals surface area contributed by atoms with Gasteiger partial charge in [-0.25, -0.2) is 9.97 Å². The van der Waals surface area contributed by atoms with Gasteiger partial charge in [0.05, 0.1) is 15.7 Å². The minimum atomic E-state index is 0.128. The van der Waals surface area contributed by atoms with Gasteiger partial charge < -0.3 is 4.90 Å². The van der Waals surface area contributed by atoms with E-state index in [0.717, 1.165) is 57.9 Å². The van der Waals surface area contributed by atoms with E-state index in [-0.39, 0.29) is 5.91 Å². The number of carbonyl (C=O) groups excluding carboxylic acids is 1. The van der Waals surface area contributed by atoms with E-state index < -0.39 is 0 Å². The number of thiazole rings is 2. The van der Waals surface area contributed by atoms with Crippen LogP contribution in [0.2, 0.25) is 0 Å².